The topological polar surface area (TPSA) is 80.3 Å². The first kappa shape index (κ1) is 18.1. The smallest absolute Gasteiger partial charge is 0.228 e. The molecule has 8 heteroatoms. The molecule has 0 unspecified atom stereocenters. The molecule has 0 aromatic heterocycles. The van der Waals surface area contributed by atoms with E-state index < -0.39 is 19.9 Å². The molecule has 2 aromatic rings. The maximum atomic E-state index is 12.1. The standard InChI is InChI=1S/C15H16BrNO4S2/c16-14-6-8-15(9-7-14)23(20,21)17-10-11-22(18,19)12-13-4-2-1-3-5-13/h1-9,17H,10-12H2. The van der Waals surface area contributed by atoms with E-state index >= 15 is 0 Å². The van der Waals surface area contributed by atoms with Gasteiger partial charge in [-0.1, -0.05) is 46.3 Å². The van der Waals surface area contributed by atoms with Gasteiger partial charge >= 0.3 is 0 Å². The van der Waals surface area contributed by atoms with Crippen molar-refractivity contribution >= 4 is 35.8 Å². The first-order valence-electron chi connectivity index (χ1n) is 6.78. The maximum Gasteiger partial charge on any atom is 0.240 e. The summed E-state index contributed by atoms with van der Waals surface area (Å²) in [6.45, 7) is -0.159. The molecule has 23 heavy (non-hydrogen) atoms. The van der Waals surface area contributed by atoms with E-state index in [1.54, 1.807) is 36.4 Å². The number of nitrogens with one attached hydrogen (secondary N) is 1. The zero-order chi connectivity index (χ0) is 16.9. The summed E-state index contributed by atoms with van der Waals surface area (Å²) in [6.07, 6.45) is 0. The Bertz CT molecular complexity index is 848. The van der Waals surface area contributed by atoms with Crippen LogP contribution in [0.15, 0.2) is 64.0 Å². The lowest BCUT2D eigenvalue weighted by atomic mass is 10.2. The average molecular weight is 418 g/mol. The first-order chi connectivity index (χ1) is 10.8. The Balaban J connectivity index is 1.94. The highest BCUT2D eigenvalue weighted by molar-refractivity contribution is 9.10. The third-order valence-corrected chi connectivity index (χ3v) is 6.66. The highest BCUT2D eigenvalue weighted by Crippen LogP contribution is 2.14. The second kappa shape index (κ2) is 7.57. The minimum Gasteiger partial charge on any atom is -0.228 e. The van der Waals surface area contributed by atoms with E-state index in [4.69, 9.17) is 0 Å². The monoisotopic (exact) mass is 417 g/mol. The van der Waals surface area contributed by atoms with E-state index in [0.717, 1.165) is 4.47 Å². The summed E-state index contributed by atoms with van der Waals surface area (Å²) in [7, 11) is -7.09. The van der Waals surface area contributed by atoms with E-state index in [2.05, 4.69) is 20.7 Å². The molecule has 2 aromatic carbocycles. The molecule has 0 amide bonds. The molecule has 0 spiro atoms. The van der Waals surface area contributed by atoms with Gasteiger partial charge in [-0.15, -0.1) is 0 Å². The lowest BCUT2D eigenvalue weighted by Crippen LogP contribution is -2.29. The fourth-order valence-electron chi connectivity index (χ4n) is 1.93. The van der Waals surface area contributed by atoms with Crippen molar-refractivity contribution in [2.45, 2.75) is 10.6 Å². The molecular weight excluding hydrogens is 402 g/mol. The summed E-state index contributed by atoms with van der Waals surface area (Å²) in [5.41, 5.74) is 0.684. The van der Waals surface area contributed by atoms with Gasteiger partial charge in [-0.05, 0) is 29.8 Å². The lowest BCUT2D eigenvalue weighted by Gasteiger charge is -2.08. The van der Waals surface area contributed by atoms with Crippen LogP contribution in [0, 0.1) is 0 Å². The van der Waals surface area contributed by atoms with Crippen molar-refractivity contribution in [1.82, 2.24) is 4.72 Å². The van der Waals surface area contributed by atoms with Gasteiger partial charge in [0.2, 0.25) is 10.0 Å². The van der Waals surface area contributed by atoms with Crippen LogP contribution < -0.4 is 4.72 Å². The Morgan fingerprint density at radius 1 is 0.870 bits per heavy atom. The van der Waals surface area contributed by atoms with E-state index in [9.17, 15) is 16.8 Å². The van der Waals surface area contributed by atoms with E-state index in [0.29, 0.717) is 5.56 Å². The Labute approximate surface area is 144 Å². The molecule has 2 rings (SSSR count). The lowest BCUT2D eigenvalue weighted by molar-refractivity contribution is 0.581. The molecule has 0 heterocycles. The van der Waals surface area contributed by atoms with Crippen molar-refractivity contribution in [3.05, 3.63) is 64.6 Å². The summed E-state index contributed by atoms with van der Waals surface area (Å²) in [5.74, 6) is -0.356. The third-order valence-electron chi connectivity index (χ3n) is 3.06. The van der Waals surface area contributed by atoms with Gasteiger partial charge in [-0.2, -0.15) is 0 Å². The normalized spacial score (nSPS) is 12.2. The van der Waals surface area contributed by atoms with Crippen LogP contribution in [0.2, 0.25) is 0 Å². The van der Waals surface area contributed by atoms with E-state index in [-0.39, 0.29) is 22.9 Å². The summed E-state index contributed by atoms with van der Waals surface area (Å²) in [4.78, 5) is 0.0983. The number of sulfone groups is 1. The number of hydrogen-bond acceptors (Lipinski definition) is 4. The SMILES string of the molecule is O=S(=O)(CCNS(=O)(=O)c1ccc(Br)cc1)Cc1ccccc1. The number of hydrogen-bond donors (Lipinski definition) is 1. The van der Waals surface area contributed by atoms with E-state index in [1.807, 2.05) is 6.07 Å². The van der Waals surface area contributed by atoms with Crippen molar-refractivity contribution in [1.29, 1.82) is 0 Å². The van der Waals surface area contributed by atoms with Gasteiger partial charge in [0, 0.05) is 11.0 Å². The van der Waals surface area contributed by atoms with Gasteiger partial charge in [-0.3, -0.25) is 0 Å². The molecule has 0 aliphatic heterocycles. The fraction of sp³-hybridized carbons (Fsp3) is 0.200. The quantitative estimate of drug-likeness (QED) is 0.749. The molecule has 0 saturated heterocycles. The number of rotatable bonds is 7. The summed E-state index contributed by atoms with van der Waals surface area (Å²) >= 11 is 3.23. The van der Waals surface area contributed by atoms with Gasteiger partial charge in [0.1, 0.15) is 0 Å². The van der Waals surface area contributed by atoms with Crippen molar-refractivity contribution < 1.29 is 16.8 Å². The molecule has 0 aliphatic carbocycles. The average Bonchev–Trinajstić information content (AvgIpc) is 2.47. The van der Waals surface area contributed by atoms with Crippen LogP contribution >= 0.6 is 15.9 Å². The van der Waals surface area contributed by atoms with Crippen LogP contribution in [-0.4, -0.2) is 29.1 Å². The first-order valence-corrected chi connectivity index (χ1v) is 10.9. The molecule has 0 radical (unpaired) electrons. The predicted octanol–water partition coefficient (Wildman–Crippen LogP) is 2.34. The Morgan fingerprint density at radius 3 is 2.09 bits per heavy atom. The predicted molar refractivity (Wildman–Crippen MR) is 93.3 cm³/mol. The van der Waals surface area contributed by atoms with Crippen LogP contribution in [-0.2, 0) is 25.6 Å². The highest BCUT2D eigenvalue weighted by Gasteiger charge is 2.16. The van der Waals surface area contributed by atoms with Crippen LogP contribution in [0.4, 0.5) is 0 Å². The van der Waals surface area contributed by atoms with Gasteiger partial charge in [0.05, 0.1) is 16.4 Å². The molecule has 0 bridgehead atoms. The summed E-state index contributed by atoms with van der Waals surface area (Å²) in [6, 6.07) is 14.9. The Kier molecular flexibility index (Phi) is 5.96. The van der Waals surface area contributed by atoms with Crippen molar-refractivity contribution in [2.75, 3.05) is 12.3 Å². The zero-order valence-electron chi connectivity index (χ0n) is 12.1. The van der Waals surface area contributed by atoms with Crippen molar-refractivity contribution in [3.63, 3.8) is 0 Å². The Morgan fingerprint density at radius 2 is 1.48 bits per heavy atom. The molecule has 0 fully saturated rings. The number of sulfonamides is 1. The summed E-state index contributed by atoms with van der Waals surface area (Å²) in [5, 5.41) is 0. The van der Waals surface area contributed by atoms with Crippen LogP contribution in [0.5, 0.6) is 0 Å². The van der Waals surface area contributed by atoms with Crippen LogP contribution in [0.1, 0.15) is 5.56 Å². The molecule has 5 nitrogen and oxygen atoms in total. The molecule has 124 valence electrons. The van der Waals surface area contributed by atoms with Crippen LogP contribution in [0.3, 0.4) is 0 Å². The van der Waals surface area contributed by atoms with Gasteiger partial charge in [0.25, 0.3) is 0 Å². The molecule has 1 N–H and O–H groups in total. The fourth-order valence-corrected chi connectivity index (χ4v) is 4.61. The molecule has 0 saturated carbocycles. The second-order valence-corrected chi connectivity index (χ2v) is 9.80. The number of benzene rings is 2. The second-order valence-electron chi connectivity index (χ2n) is 4.93. The number of halogens is 1. The van der Waals surface area contributed by atoms with Gasteiger partial charge in [0.15, 0.2) is 9.84 Å². The zero-order valence-corrected chi connectivity index (χ0v) is 15.4. The van der Waals surface area contributed by atoms with E-state index in [1.165, 1.54) is 12.1 Å². The third kappa shape index (κ3) is 5.72. The van der Waals surface area contributed by atoms with Crippen molar-refractivity contribution in [3.8, 4) is 0 Å². The Hall–Kier alpha value is -1.22. The molecule has 0 aliphatic rings. The molecular formula is C15H16BrNO4S2. The molecule has 0 atom stereocenters. The van der Waals surface area contributed by atoms with Gasteiger partial charge in [-0.25, -0.2) is 21.6 Å². The highest BCUT2D eigenvalue weighted by atomic mass is 79.9. The van der Waals surface area contributed by atoms with Crippen LogP contribution in [0.25, 0.3) is 0 Å². The minimum absolute atomic E-state index is 0.0983. The maximum absolute atomic E-state index is 12.1. The van der Waals surface area contributed by atoms with Gasteiger partial charge < -0.3 is 0 Å². The van der Waals surface area contributed by atoms with Crippen molar-refractivity contribution in [2.24, 2.45) is 0 Å². The summed E-state index contributed by atoms with van der Waals surface area (Å²) < 4.78 is 51.3. The largest absolute Gasteiger partial charge is 0.240 e. The minimum atomic E-state index is -3.71.